The highest BCUT2D eigenvalue weighted by Gasteiger charge is 2.31. The number of anilines is 1. The van der Waals surface area contributed by atoms with Gasteiger partial charge in [-0.1, -0.05) is 48.2 Å². The summed E-state index contributed by atoms with van der Waals surface area (Å²) >= 11 is 6.83. The van der Waals surface area contributed by atoms with Gasteiger partial charge in [0.1, 0.15) is 16.7 Å². The number of benzene rings is 3. The maximum Gasteiger partial charge on any atom is 0.335 e. The Morgan fingerprint density at radius 3 is 2.68 bits per heavy atom. The first-order valence-corrected chi connectivity index (χ1v) is 15.5. The van der Waals surface area contributed by atoms with Crippen molar-refractivity contribution in [3.63, 3.8) is 0 Å². The summed E-state index contributed by atoms with van der Waals surface area (Å²) in [4.78, 5) is 28.9. The summed E-state index contributed by atoms with van der Waals surface area (Å²) in [7, 11) is 0. The quantitative estimate of drug-likeness (QED) is 0.168. The number of aromatic amines is 1. The van der Waals surface area contributed by atoms with Crippen molar-refractivity contribution in [1.82, 2.24) is 20.0 Å². The number of aromatic carboxylic acids is 1. The molecule has 2 fully saturated rings. The molecule has 0 unspecified atom stereocenters. The second-order valence-corrected chi connectivity index (χ2v) is 12.2. The number of carbonyl (C=O) groups excluding carboxylic acids is 1. The first-order valence-electron chi connectivity index (χ1n) is 14.2. The SMILES string of the molecule is Nc1n[nH]c2ccc(-c3cc(C=C4SC(=S)N(CCc5ccc(C(=O)O)cc5)C4=O)ccc3OCCN3CCOCC3)cc12. The van der Waals surface area contributed by atoms with Gasteiger partial charge in [-0.05, 0) is 65.6 Å². The fourth-order valence-corrected chi connectivity index (χ4v) is 6.51. The van der Waals surface area contributed by atoms with E-state index in [0.29, 0.717) is 34.6 Å². The number of nitrogens with two attached hydrogens (primary N) is 1. The van der Waals surface area contributed by atoms with Crippen LogP contribution in [-0.2, 0) is 16.0 Å². The lowest BCUT2D eigenvalue weighted by Crippen LogP contribution is -2.38. The lowest BCUT2D eigenvalue weighted by Gasteiger charge is -2.26. The summed E-state index contributed by atoms with van der Waals surface area (Å²) in [6, 6.07) is 18.5. The van der Waals surface area contributed by atoms with Gasteiger partial charge in [0, 0.05) is 37.1 Å². The zero-order chi connectivity index (χ0) is 30.6. The number of thiocarbonyl (C=S) groups is 1. The Labute approximate surface area is 263 Å². The van der Waals surface area contributed by atoms with E-state index in [1.54, 1.807) is 29.2 Å². The minimum Gasteiger partial charge on any atom is -0.492 e. The topological polar surface area (TPSA) is 134 Å². The van der Waals surface area contributed by atoms with Crippen LogP contribution in [0.25, 0.3) is 28.1 Å². The Hall–Kier alpha value is -4.23. The second-order valence-electron chi connectivity index (χ2n) is 10.5. The zero-order valence-corrected chi connectivity index (χ0v) is 25.5. The minimum atomic E-state index is -0.972. The van der Waals surface area contributed by atoms with Crippen LogP contribution in [0.2, 0.25) is 0 Å². The molecule has 1 aromatic heterocycles. The fourth-order valence-electron chi connectivity index (χ4n) is 5.20. The number of thioether (sulfide) groups is 1. The van der Waals surface area contributed by atoms with Crippen LogP contribution in [0.1, 0.15) is 21.5 Å². The third-order valence-electron chi connectivity index (χ3n) is 7.67. The van der Waals surface area contributed by atoms with Gasteiger partial charge in [0.05, 0.1) is 29.2 Å². The Bertz CT molecular complexity index is 1750. The molecule has 44 heavy (non-hydrogen) atoms. The predicted molar refractivity (Wildman–Crippen MR) is 176 cm³/mol. The van der Waals surface area contributed by atoms with Gasteiger partial charge in [0.25, 0.3) is 5.91 Å². The number of aromatic nitrogens is 2. The molecule has 2 saturated heterocycles. The third kappa shape index (κ3) is 6.63. The molecule has 0 radical (unpaired) electrons. The molecule has 0 bridgehead atoms. The molecule has 2 aliphatic heterocycles. The van der Waals surface area contributed by atoms with Gasteiger partial charge in [-0.15, -0.1) is 0 Å². The van der Waals surface area contributed by atoms with Gasteiger partial charge >= 0.3 is 5.97 Å². The van der Waals surface area contributed by atoms with E-state index < -0.39 is 5.97 Å². The molecule has 12 heteroatoms. The average Bonchev–Trinajstić information content (AvgIpc) is 3.54. The molecule has 0 aliphatic carbocycles. The lowest BCUT2D eigenvalue weighted by molar-refractivity contribution is -0.122. The summed E-state index contributed by atoms with van der Waals surface area (Å²) in [6.07, 6.45) is 2.41. The van der Waals surface area contributed by atoms with Crippen LogP contribution in [0.15, 0.2) is 65.6 Å². The van der Waals surface area contributed by atoms with Crippen LogP contribution in [0, 0.1) is 0 Å². The zero-order valence-electron chi connectivity index (χ0n) is 23.8. The van der Waals surface area contributed by atoms with Crippen molar-refractivity contribution < 1.29 is 24.2 Å². The number of hydrogen-bond acceptors (Lipinski definition) is 9. The van der Waals surface area contributed by atoms with E-state index >= 15 is 0 Å². The Balaban J connectivity index is 1.22. The molecule has 0 saturated carbocycles. The van der Waals surface area contributed by atoms with E-state index in [-0.39, 0.29) is 11.5 Å². The molecule has 0 atom stereocenters. The fraction of sp³-hybridized carbons (Fsp3) is 0.250. The molecule has 10 nitrogen and oxygen atoms in total. The summed E-state index contributed by atoms with van der Waals surface area (Å²) in [5, 5.41) is 17.0. The van der Waals surface area contributed by atoms with Crippen molar-refractivity contribution in [2.75, 3.05) is 51.7 Å². The van der Waals surface area contributed by atoms with Crippen molar-refractivity contribution in [2.24, 2.45) is 0 Å². The molecule has 2 aliphatic rings. The number of nitrogens with one attached hydrogen (secondary N) is 1. The first kappa shape index (κ1) is 29.8. The maximum absolute atomic E-state index is 13.4. The highest BCUT2D eigenvalue weighted by molar-refractivity contribution is 8.26. The lowest BCUT2D eigenvalue weighted by atomic mass is 10.00. The standard InChI is InChI=1S/C32H31N5O5S2/c33-29-25-19-23(6-7-26(25)34-35-29)24-17-21(3-8-27(24)42-16-13-36-11-14-41-15-12-36)18-28-30(38)37(32(43)44-28)10-9-20-1-4-22(5-2-20)31(39)40/h1-8,17-19H,9-16H2,(H,39,40)(H3,33,34,35). The second kappa shape index (κ2) is 13.2. The smallest absolute Gasteiger partial charge is 0.335 e. The number of nitrogens with zero attached hydrogens (tertiary/aromatic N) is 3. The van der Waals surface area contributed by atoms with E-state index in [1.807, 2.05) is 42.5 Å². The summed E-state index contributed by atoms with van der Waals surface area (Å²) < 4.78 is 12.2. The maximum atomic E-state index is 13.4. The monoisotopic (exact) mass is 629 g/mol. The van der Waals surface area contributed by atoms with Crippen molar-refractivity contribution >= 4 is 63.0 Å². The molecule has 3 aromatic carbocycles. The summed E-state index contributed by atoms with van der Waals surface area (Å²) in [5.41, 5.74) is 10.7. The van der Waals surface area contributed by atoms with Crippen LogP contribution < -0.4 is 10.5 Å². The number of morpholine rings is 1. The number of ether oxygens (including phenoxy) is 2. The predicted octanol–water partition coefficient (Wildman–Crippen LogP) is 4.67. The highest BCUT2D eigenvalue weighted by Crippen LogP contribution is 2.37. The number of carbonyl (C=O) groups is 2. The average molecular weight is 630 g/mol. The van der Waals surface area contributed by atoms with Gasteiger partial charge in [-0.3, -0.25) is 19.7 Å². The van der Waals surface area contributed by atoms with E-state index in [9.17, 15) is 9.59 Å². The number of fused-ring (bicyclic) bond motifs is 1. The van der Waals surface area contributed by atoms with Gasteiger partial charge < -0.3 is 20.3 Å². The molecule has 1 amide bonds. The van der Waals surface area contributed by atoms with Crippen LogP contribution >= 0.6 is 24.0 Å². The minimum absolute atomic E-state index is 0.151. The first-order chi connectivity index (χ1) is 21.4. The summed E-state index contributed by atoms with van der Waals surface area (Å²) in [6.45, 7) is 4.98. The number of amides is 1. The van der Waals surface area contributed by atoms with Crippen LogP contribution in [-0.4, -0.2) is 87.3 Å². The number of H-pyrrole nitrogens is 1. The Kier molecular flexibility index (Phi) is 8.94. The van der Waals surface area contributed by atoms with E-state index in [4.69, 9.17) is 32.5 Å². The normalized spacial score (nSPS) is 16.7. The van der Waals surface area contributed by atoms with Gasteiger partial charge in [-0.25, -0.2) is 4.79 Å². The molecule has 226 valence electrons. The largest absolute Gasteiger partial charge is 0.492 e. The summed E-state index contributed by atoms with van der Waals surface area (Å²) in [5.74, 6) is 0.0373. The van der Waals surface area contributed by atoms with Crippen LogP contribution in [0.4, 0.5) is 5.82 Å². The third-order valence-corrected chi connectivity index (χ3v) is 9.05. The Morgan fingerprint density at radius 1 is 1.11 bits per heavy atom. The van der Waals surface area contributed by atoms with E-state index in [1.165, 1.54) is 11.8 Å². The molecule has 4 N–H and O–H groups in total. The van der Waals surface area contributed by atoms with Gasteiger partial charge in [0.2, 0.25) is 0 Å². The molecule has 4 aromatic rings. The molecular formula is C32H31N5O5S2. The highest BCUT2D eigenvalue weighted by atomic mass is 32.2. The number of carboxylic acids is 1. The Morgan fingerprint density at radius 2 is 1.91 bits per heavy atom. The van der Waals surface area contributed by atoms with Crippen LogP contribution in [0.5, 0.6) is 5.75 Å². The van der Waals surface area contributed by atoms with Crippen LogP contribution in [0.3, 0.4) is 0 Å². The molecule has 6 rings (SSSR count). The van der Waals surface area contributed by atoms with Crippen molar-refractivity contribution in [2.45, 2.75) is 6.42 Å². The molecule has 3 heterocycles. The van der Waals surface area contributed by atoms with Crippen molar-refractivity contribution in [3.05, 3.63) is 82.3 Å². The van der Waals surface area contributed by atoms with E-state index in [0.717, 1.165) is 71.8 Å². The van der Waals surface area contributed by atoms with E-state index in [2.05, 4.69) is 15.1 Å². The van der Waals surface area contributed by atoms with Gasteiger partial charge in [-0.2, -0.15) is 5.10 Å². The number of nitrogen functional groups attached to an aromatic ring is 1. The molecule has 0 spiro atoms. The number of rotatable bonds is 10. The van der Waals surface area contributed by atoms with Gasteiger partial charge in [0.15, 0.2) is 5.82 Å². The number of carboxylic acid groups (broad SMARTS) is 1. The number of hydrogen-bond donors (Lipinski definition) is 3. The molecular weight excluding hydrogens is 599 g/mol. The van der Waals surface area contributed by atoms with Crippen molar-refractivity contribution in [3.8, 4) is 16.9 Å². The van der Waals surface area contributed by atoms with Crippen molar-refractivity contribution in [1.29, 1.82) is 0 Å².